The van der Waals surface area contributed by atoms with Crippen molar-refractivity contribution >= 4 is 35.7 Å². The first-order chi connectivity index (χ1) is 11.0. The Bertz CT molecular complexity index is 840. The number of anilines is 1. The number of carbonyl (C=O) groups is 1. The van der Waals surface area contributed by atoms with Crippen LogP contribution in [0.3, 0.4) is 0 Å². The molecule has 5 heteroatoms. The average molecular weight is 328 g/mol. The third-order valence-electron chi connectivity index (χ3n) is 4.55. The molecule has 0 radical (unpaired) electrons. The van der Waals surface area contributed by atoms with Gasteiger partial charge in [-0.1, -0.05) is 13.8 Å². The number of amides is 1. The van der Waals surface area contributed by atoms with E-state index in [0.29, 0.717) is 17.9 Å². The number of nitrogens with one attached hydrogen (secondary N) is 1. The summed E-state index contributed by atoms with van der Waals surface area (Å²) in [5.41, 5.74) is 3.22. The number of benzene rings is 1. The average Bonchev–Trinajstić information content (AvgIpc) is 3.10. The topological polar surface area (TPSA) is 51.1 Å². The number of rotatable bonds is 4. The number of hydrogen-bond donors (Lipinski definition) is 1. The van der Waals surface area contributed by atoms with E-state index >= 15 is 0 Å². The van der Waals surface area contributed by atoms with Gasteiger partial charge in [0.1, 0.15) is 7.14 Å². The van der Waals surface area contributed by atoms with E-state index < -0.39 is 7.14 Å². The molecule has 3 rings (SSSR count). The van der Waals surface area contributed by atoms with Gasteiger partial charge in [0.15, 0.2) is 0 Å². The Hall–Kier alpha value is -2.06. The zero-order valence-corrected chi connectivity index (χ0v) is 14.6. The summed E-state index contributed by atoms with van der Waals surface area (Å²) in [6, 6.07) is 9.59. The zero-order valence-electron chi connectivity index (χ0n) is 13.7. The monoisotopic (exact) mass is 328 g/mol. The van der Waals surface area contributed by atoms with Crippen LogP contribution in [-0.4, -0.2) is 22.8 Å². The molecule has 0 aliphatic carbocycles. The van der Waals surface area contributed by atoms with E-state index in [4.69, 9.17) is 0 Å². The zero-order chi connectivity index (χ0) is 16.6. The number of aryl methyl sites for hydroxylation is 1. The lowest BCUT2D eigenvalue weighted by Crippen LogP contribution is -2.09. The first kappa shape index (κ1) is 15.8. The summed E-state index contributed by atoms with van der Waals surface area (Å²) in [4.78, 5) is 12.3. The molecule has 2 heterocycles. The van der Waals surface area contributed by atoms with Gasteiger partial charge >= 0.3 is 0 Å². The predicted molar refractivity (Wildman–Crippen MR) is 96.7 cm³/mol. The van der Waals surface area contributed by atoms with E-state index in [-0.39, 0.29) is 5.91 Å². The highest BCUT2D eigenvalue weighted by Gasteiger charge is 2.28. The maximum Gasteiger partial charge on any atom is 0.256 e. The minimum absolute atomic E-state index is 0.110. The van der Waals surface area contributed by atoms with E-state index in [1.54, 1.807) is 0 Å². The molecule has 1 aliphatic heterocycles. The Labute approximate surface area is 136 Å². The molecule has 0 atom stereocenters. The molecule has 1 aliphatic rings. The molecular formula is C18H21N2O2P. The van der Waals surface area contributed by atoms with Crippen LogP contribution in [0.1, 0.15) is 25.1 Å². The Balaban J connectivity index is 2.12. The van der Waals surface area contributed by atoms with Crippen LogP contribution in [0.2, 0.25) is 0 Å². The van der Waals surface area contributed by atoms with Gasteiger partial charge in [0.05, 0.1) is 5.57 Å². The van der Waals surface area contributed by atoms with Crippen LogP contribution in [-0.2, 0) is 16.4 Å². The molecule has 1 aromatic heterocycles. The summed E-state index contributed by atoms with van der Waals surface area (Å²) in [5, 5.41) is 3.74. The quantitative estimate of drug-likeness (QED) is 0.689. The van der Waals surface area contributed by atoms with Crippen LogP contribution >= 0.6 is 7.14 Å². The van der Waals surface area contributed by atoms with Crippen molar-refractivity contribution in [2.45, 2.75) is 13.8 Å². The van der Waals surface area contributed by atoms with Gasteiger partial charge in [-0.25, -0.2) is 0 Å². The van der Waals surface area contributed by atoms with Crippen molar-refractivity contribution in [1.82, 2.24) is 4.57 Å². The van der Waals surface area contributed by atoms with E-state index in [0.717, 1.165) is 22.2 Å². The van der Waals surface area contributed by atoms with Gasteiger partial charge in [0.2, 0.25) is 0 Å². The molecular weight excluding hydrogens is 307 g/mol. The lowest BCUT2D eigenvalue weighted by Gasteiger charge is -2.15. The molecule has 0 unspecified atom stereocenters. The molecule has 1 aromatic carbocycles. The van der Waals surface area contributed by atoms with E-state index in [2.05, 4.69) is 5.32 Å². The largest absolute Gasteiger partial charge is 0.351 e. The number of fused-ring (bicyclic) bond motifs is 1. The summed E-state index contributed by atoms with van der Waals surface area (Å²) in [6.07, 6.45) is 5.10. The molecule has 1 amide bonds. The Kier molecular flexibility index (Phi) is 4.03. The molecule has 0 bridgehead atoms. The van der Waals surface area contributed by atoms with Gasteiger partial charge < -0.3 is 14.4 Å². The Morgan fingerprint density at radius 1 is 1.22 bits per heavy atom. The number of carbonyl (C=O) groups excluding carboxylic acids is 1. The van der Waals surface area contributed by atoms with Crippen molar-refractivity contribution in [1.29, 1.82) is 0 Å². The lowest BCUT2D eigenvalue weighted by molar-refractivity contribution is -0.110. The van der Waals surface area contributed by atoms with E-state index in [1.165, 1.54) is 0 Å². The fraction of sp³-hybridized carbons (Fsp3) is 0.278. The summed E-state index contributed by atoms with van der Waals surface area (Å²) in [6.45, 7) is 3.92. The third-order valence-corrected chi connectivity index (χ3v) is 7.82. The molecule has 0 spiro atoms. The van der Waals surface area contributed by atoms with Crippen LogP contribution in [0.4, 0.5) is 5.69 Å². The van der Waals surface area contributed by atoms with E-state index in [9.17, 15) is 9.36 Å². The minimum Gasteiger partial charge on any atom is -0.351 e. The summed E-state index contributed by atoms with van der Waals surface area (Å²) in [5.74, 6) is -0.110. The molecule has 0 saturated heterocycles. The highest BCUT2D eigenvalue weighted by Crippen LogP contribution is 2.45. The van der Waals surface area contributed by atoms with Crippen molar-refractivity contribution in [2.24, 2.45) is 7.05 Å². The first-order valence-electron chi connectivity index (χ1n) is 7.86. The second kappa shape index (κ2) is 5.86. The van der Waals surface area contributed by atoms with Crippen molar-refractivity contribution in [3.63, 3.8) is 0 Å². The second-order valence-electron chi connectivity index (χ2n) is 5.81. The fourth-order valence-electron chi connectivity index (χ4n) is 2.93. The smallest absolute Gasteiger partial charge is 0.256 e. The van der Waals surface area contributed by atoms with Gasteiger partial charge in [0.25, 0.3) is 5.91 Å². The number of hydrogen-bond acceptors (Lipinski definition) is 2. The molecule has 4 nitrogen and oxygen atoms in total. The molecule has 23 heavy (non-hydrogen) atoms. The lowest BCUT2D eigenvalue weighted by atomic mass is 10.1. The Morgan fingerprint density at radius 2 is 1.96 bits per heavy atom. The predicted octanol–water partition coefficient (Wildman–Crippen LogP) is 3.55. The number of aromatic nitrogens is 1. The van der Waals surface area contributed by atoms with Crippen molar-refractivity contribution in [2.75, 3.05) is 17.6 Å². The maximum absolute atomic E-state index is 13.0. The highest BCUT2D eigenvalue weighted by molar-refractivity contribution is 7.71. The normalized spacial score (nSPS) is 15.8. The summed E-state index contributed by atoms with van der Waals surface area (Å²) in [7, 11) is -0.420. The van der Waals surface area contributed by atoms with Gasteiger partial charge in [-0.05, 0) is 36.4 Å². The highest BCUT2D eigenvalue weighted by atomic mass is 31.2. The second-order valence-corrected chi connectivity index (χ2v) is 9.37. The van der Waals surface area contributed by atoms with Gasteiger partial charge in [-0.15, -0.1) is 0 Å². The standard InChI is InChI=1S/C18H21N2O2P/c1-4-23(22,5-2)14-8-9-17-15(12-14)16(18(21)19-17)11-13-7-6-10-20(13)3/h6-12H,4-5H2,1-3H3,(H,19,21). The Morgan fingerprint density at radius 3 is 2.57 bits per heavy atom. The van der Waals surface area contributed by atoms with Crippen LogP contribution in [0, 0.1) is 0 Å². The first-order valence-corrected chi connectivity index (χ1v) is 9.93. The minimum atomic E-state index is -2.36. The molecule has 2 aromatic rings. The number of nitrogens with zero attached hydrogens (tertiary/aromatic N) is 1. The molecule has 0 fully saturated rings. The summed E-state index contributed by atoms with van der Waals surface area (Å²) < 4.78 is 14.9. The fourth-order valence-corrected chi connectivity index (χ4v) is 4.82. The van der Waals surface area contributed by atoms with Crippen LogP contribution < -0.4 is 10.6 Å². The van der Waals surface area contributed by atoms with Gasteiger partial charge in [0, 0.05) is 47.8 Å². The van der Waals surface area contributed by atoms with Crippen molar-refractivity contribution < 1.29 is 9.36 Å². The van der Waals surface area contributed by atoms with Crippen LogP contribution in [0.5, 0.6) is 0 Å². The molecule has 0 saturated carbocycles. The van der Waals surface area contributed by atoms with Crippen LogP contribution in [0.25, 0.3) is 11.6 Å². The maximum atomic E-state index is 13.0. The van der Waals surface area contributed by atoms with Crippen molar-refractivity contribution in [3.8, 4) is 0 Å². The summed E-state index contributed by atoms with van der Waals surface area (Å²) >= 11 is 0. The van der Waals surface area contributed by atoms with Crippen LogP contribution in [0.15, 0.2) is 36.5 Å². The van der Waals surface area contributed by atoms with Crippen molar-refractivity contribution in [3.05, 3.63) is 47.8 Å². The SMILES string of the molecule is CCP(=O)(CC)c1ccc2c(c1)C(=Cc1cccn1C)C(=O)N2. The molecule has 1 N–H and O–H groups in total. The van der Waals surface area contributed by atoms with Gasteiger partial charge in [-0.3, -0.25) is 4.79 Å². The molecule has 120 valence electrons. The van der Waals surface area contributed by atoms with E-state index in [1.807, 2.05) is 68.1 Å². The third kappa shape index (κ3) is 2.68. The van der Waals surface area contributed by atoms with Gasteiger partial charge in [-0.2, -0.15) is 0 Å².